The summed E-state index contributed by atoms with van der Waals surface area (Å²) in [6.07, 6.45) is 4.74. The van der Waals surface area contributed by atoms with Crippen LogP contribution in [0.5, 0.6) is 0 Å². The molecule has 0 amide bonds. The molecule has 1 aliphatic rings. The van der Waals surface area contributed by atoms with E-state index in [9.17, 15) is 0 Å². The quantitative estimate of drug-likeness (QED) is 0.232. The number of benzene rings is 5. The molecule has 0 fully saturated rings. The molecule has 0 saturated heterocycles. The predicted molar refractivity (Wildman–Crippen MR) is 158 cm³/mol. The Labute approximate surface area is 220 Å². The topological polar surface area (TPSA) is 32.3 Å². The number of pyridine rings is 2. The minimum atomic E-state index is 0.843. The van der Waals surface area contributed by atoms with Gasteiger partial charge in [-0.05, 0) is 76.0 Å². The van der Waals surface area contributed by atoms with Gasteiger partial charge in [-0.25, -0.2) is 9.97 Å². The Balaban J connectivity index is 1.40. The van der Waals surface area contributed by atoms with E-state index in [-0.39, 0.29) is 0 Å². The van der Waals surface area contributed by atoms with E-state index in [1.54, 1.807) is 0 Å². The van der Waals surface area contributed by atoms with Crippen LogP contribution in [-0.2, 0) is 6.42 Å². The first-order valence-electron chi connectivity index (χ1n) is 13.0. The number of rotatable bonds is 4. The smallest absolute Gasteiger partial charge is 0.138 e. The maximum atomic E-state index is 4.71. The van der Waals surface area contributed by atoms with Crippen molar-refractivity contribution in [2.45, 2.75) is 6.42 Å². The highest BCUT2D eigenvalue weighted by atomic mass is 15.2. The molecule has 4 heteroatoms. The second kappa shape index (κ2) is 8.29. The number of anilines is 5. The van der Waals surface area contributed by atoms with Crippen molar-refractivity contribution in [1.29, 1.82) is 0 Å². The summed E-state index contributed by atoms with van der Waals surface area (Å²) in [5.41, 5.74) is 5.08. The molecule has 2 aromatic heterocycles. The van der Waals surface area contributed by atoms with E-state index in [0.717, 1.165) is 30.3 Å². The summed E-state index contributed by atoms with van der Waals surface area (Å²) in [6, 6.07) is 38.9. The predicted octanol–water partition coefficient (Wildman–Crippen LogP) is 8.54. The zero-order valence-electron chi connectivity index (χ0n) is 20.8. The normalized spacial score (nSPS) is 13.0. The van der Waals surface area contributed by atoms with Gasteiger partial charge >= 0.3 is 0 Å². The highest BCUT2D eigenvalue weighted by molar-refractivity contribution is 6.27. The fourth-order valence-corrected chi connectivity index (χ4v) is 6.13. The molecule has 5 aromatic carbocycles. The number of hydrogen-bond acceptors (Lipinski definition) is 4. The van der Waals surface area contributed by atoms with Crippen LogP contribution in [0.3, 0.4) is 0 Å². The van der Waals surface area contributed by atoms with E-state index in [4.69, 9.17) is 9.97 Å². The number of hydrogen-bond donors (Lipinski definition) is 0. The molecule has 4 nitrogen and oxygen atoms in total. The summed E-state index contributed by atoms with van der Waals surface area (Å²) >= 11 is 0. The van der Waals surface area contributed by atoms with Gasteiger partial charge in [0, 0.05) is 41.1 Å². The molecule has 0 spiro atoms. The summed E-state index contributed by atoms with van der Waals surface area (Å²) < 4.78 is 0. The molecule has 0 atom stereocenters. The SMILES string of the molecule is c1ccc(N(c2ccccn2)c2ccc3ccc4c(N5CCc6ccccc65)ccc5ccc2c3c54)nc1. The van der Waals surface area contributed by atoms with Gasteiger partial charge in [0.05, 0.1) is 5.69 Å². The van der Waals surface area contributed by atoms with E-state index in [0.29, 0.717) is 0 Å². The lowest BCUT2D eigenvalue weighted by atomic mass is 9.92. The second-order valence-corrected chi connectivity index (χ2v) is 9.83. The Bertz CT molecular complexity index is 1890. The maximum Gasteiger partial charge on any atom is 0.138 e. The molecule has 7 aromatic rings. The monoisotopic (exact) mass is 488 g/mol. The van der Waals surface area contributed by atoms with E-state index in [1.165, 1.54) is 49.3 Å². The molecule has 0 saturated carbocycles. The van der Waals surface area contributed by atoms with Gasteiger partial charge in [-0.15, -0.1) is 0 Å². The van der Waals surface area contributed by atoms with Crippen LogP contribution >= 0.6 is 0 Å². The summed E-state index contributed by atoms with van der Waals surface area (Å²) in [6.45, 7) is 1.00. The maximum absolute atomic E-state index is 4.71. The largest absolute Gasteiger partial charge is 0.340 e. The third-order valence-electron chi connectivity index (χ3n) is 7.79. The molecular weight excluding hydrogens is 464 g/mol. The van der Waals surface area contributed by atoms with E-state index < -0.39 is 0 Å². The van der Waals surface area contributed by atoms with Crippen molar-refractivity contribution >= 4 is 61.0 Å². The lowest BCUT2D eigenvalue weighted by Gasteiger charge is -2.26. The first-order chi connectivity index (χ1) is 18.9. The first-order valence-corrected chi connectivity index (χ1v) is 13.0. The van der Waals surface area contributed by atoms with Gasteiger partial charge in [-0.2, -0.15) is 0 Å². The van der Waals surface area contributed by atoms with Crippen LogP contribution in [-0.4, -0.2) is 16.5 Å². The highest BCUT2D eigenvalue weighted by Gasteiger charge is 2.24. The van der Waals surface area contributed by atoms with E-state index in [1.807, 2.05) is 48.8 Å². The van der Waals surface area contributed by atoms with Crippen molar-refractivity contribution in [3.8, 4) is 0 Å². The van der Waals surface area contributed by atoms with E-state index >= 15 is 0 Å². The molecule has 0 bridgehead atoms. The molecular formula is C34H24N4. The molecule has 0 radical (unpaired) electrons. The standard InChI is InChI=1S/C34H24N4/c1-2-8-28-23(7-1)19-22-37(28)29-17-13-24-12-16-27-30(18-14-25-11-15-26(29)33(24)34(25)27)38(31-9-3-5-20-35-31)32-10-4-6-21-36-32/h1-18,20-21H,19,22H2. The molecule has 8 rings (SSSR count). The van der Waals surface area contributed by atoms with Crippen LogP contribution in [0.15, 0.2) is 122 Å². The van der Waals surface area contributed by atoms with Crippen molar-refractivity contribution in [3.63, 3.8) is 0 Å². The zero-order chi connectivity index (χ0) is 25.1. The highest BCUT2D eigenvalue weighted by Crippen LogP contribution is 2.46. The van der Waals surface area contributed by atoms with Crippen molar-refractivity contribution in [2.75, 3.05) is 16.3 Å². The zero-order valence-corrected chi connectivity index (χ0v) is 20.8. The fourth-order valence-electron chi connectivity index (χ4n) is 6.13. The Morgan fingerprint density at radius 2 is 1.18 bits per heavy atom. The van der Waals surface area contributed by atoms with Gasteiger partial charge in [0.25, 0.3) is 0 Å². The molecule has 0 N–H and O–H groups in total. The summed E-state index contributed by atoms with van der Waals surface area (Å²) in [7, 11) is 0. The molecule has 0 unspecified atom stereocenters. The van der Waals surface area contributed by atoms with Crippen molar-refractivity contribution < 1.29 is 0 Å². The number of para-hydroxylation sites is 1. The number of nitrogens with zero attached hydrogens (tertiary/aromatic N) is 4. The van der Waals surface area contributed by atoms with Crippen LogP contribution in [0.25, 0.3) is 32.3 Å². The van der Waals surface area contributed by atoms with Crippen LogP contribution < -0.4 is 9.80 Å². The third-order valence-corrected chi connectivity index (χ3v) is 7.79. The lowest BCUT2D eigenvalue weighted by Crippen LogP contribution is -2.14. The molecule has 180 valence electrons. The van der Waals surface area contributed by atoms with Crippen molar-refractivity contribution in [3.05, 3.63) is 127 Å². The molecule has 3 heterocycles. The molecule has 1 aliphatic heterocycles. The summed E-state index contributed by atoms with van der Waals surface area (Å²) in [5, 5.41) is 7.57. The Kier molecular flexibility index (Phi) is 4.61. The first kappa shape index (κ1) is 21.2. The second-order valence-electron chi connectivity index (χ2n) is 9.83. The number of aromatic nitrogens is 2. The van der Waals surface area contributed by atoms with Gasteiger partial charge in [0.1, 0.15) is 11.6 Å². The Morgan fingerprint density at radius 3 is 1.92 bits per heavy atom. The van der Waals surface area contributed by atoms with Gasteiger partial charge < -0.3 is 4.90 Å². The van der Waals surface area contributed by atoms with Gasteiger partial charge in [-0.3, -0.25) is 4.90 Å². The van der Waals surface area contributed by atoms with Gasteiger partial charge in [-0.1, -0.05) is 66.7 Å². The van der Waals surface area contributed by atoms with Crippen LogP contribution in [0.4, 0.5) is 28.7 Å². The van der Waals surface area contributed by atoms with E-state index in [2.05, 4.69) is 82.6 Å². The van der Waals surface area contributed by atoms with Crippen LogP contribution in [0.1, 0.15) is 5.56 Å². The molecule has 38 heavy (non-hydrogen) atoms. The average Bonchev–Trinajstić information content (AvgIpc) is 3.42. The minimum absolute atomic E-state index is 0.843. The fraction of sp³-hybridized carbons (Fsp3) is 0.0588. The minimum Gasteiger partial charge on any atom is -0.340 e. The Morgan fingerprint density at radius 1 is 0.553 bits per heavy atom. The third kappa shape index (κ3) is 3.10. The van der Waals surface area contributed by atoms with Crippen LogP contribution in [0.2, 0.25) is 0 Å². The van der Waals surface area contributed by atoms with Crippen molar-refractivity contribution in [1.82, 2.24) is 9.97 Å². The van der Waals surface area contributed by atoms with Crippen LogP contribution in [0, 0.1) is 0 Å². The number of fused-ring (bicyclic) bond motifs is 1. The Hall–Kier alpha value is -4.96. The molecule has 0 aliphatic carbocycles. The summed E-state index contributed by atoms with van der Waals surface area (Å²) in [4.78, 5) is 14.1. The van der Waals surface area contributed by atoms with Gasteiger partial charge in [0.2, 0.25) is 0 Å². The van der Waals surface area contributed by atoms with Gasteiger partial charge in [0.15, 0.2) is 0 Å². The van der Waals surface area contributed by atoms with Crippen molar-refractivity contribution in [2.24, 2.45) is 0 Å². The summed E-state index contributed by atoms with van der Waals surface area (Å²) in [5.74, 6) is 1.69. The average molecular weight is 489 g/mol. The lowest BCUT2D eigenvalue weighted by molar-refractivity contribution is 1.00.